The first-order chi connectivity index (χ1) is 15.6. The normalized spacial score (nSPS) is 11.8. The summed E-state index contributed by atoms with van der Waals surface area (Å²) in [5.41, 5.74) is 10.6. The molecule has 0 bridgehead atoms. The highest BCUT2D eigenvalue weighted by Gasteiger charge is 2.25. The van der Waals surface area contributed by atoms with Crippen LogP contribution in [-0.2, 0) is 28.8 Å². The second-order valence-corrected chi connectivity index (χ2v) is 6.68. The predicted octanol–water partition coefficient (Wildman–Crippen LogP) is -2.20. The molecule has 0 fully saturated rings. The van der Waals surface area contributed by atoms with Crippen LogP contribution in [0.25, 0.3) is 0 Å². The third kappa shape index (κ3) is 11.6. The lowest BCUT2D eigenvalue weighted by Gasteiger charge is -2.19. The third-order valence-corrected chi connectivity index (χ3v) is 3.86. The Kier molecular flexibility index (Phi) is 11.2. The Labute approximate surface area is 189 Å². The minimum atomic E-state index is -1.38. The molecule has 0 aliphatic rings. The van der Waals surface area contributed by atoms with Crippen molar-refractivity contribution >= 4 is 41.2 Å². The van der Waals surface area contributed by atoms with Gasteiger partial charge in [-0.2, -0.15) is 0 Å². The number of oxime groups is 1. The molecule has 180 valence electrons. The van der Waals surface area contributed by atoms with E-state index in [1.165, 1.54) is 6.92 Å². The number of guanidine groups is 1. The molecule has 1 rings (SSSR count). The smallest absolute Gasteiger partial charge is 0.305 e. The monoisotopic (exact) mass is 465 g/mol. The van der Waals surface area contributed by atoms with Crippen molar-refractivity contribution in [2.24, 2.45) is 16.6 Å². The summed E-state index contributed by atoms with van der Waals surface area (Å²) in [6, 6.07) is 5.82. The van der Waals surface area contributed by atoms with Gasteiger partial charge in [-0.05, 0) is 17.3 Å². The summed E-state index contributed by atoms with van der Waals surface area (Å²) in [5, 5.41) is 21.8. The van der Waals surface area contributed by atoms with Crippen LogP contribution in [0.15, 0.2) is 35.5 Å². The van der Waals surface area contributed by atoms with E-state index in [-0.39, 0.29) is 19.0 Å². The van der Waals surface area contributed by atoms with Crippen LogP contribution in [0.5, 0.6) is 0 Å². The number of hydrogen-bond donors (Lipinski definition) is 7. The number of aliphatic carboxylic acids is 1. The highest BCUT2D eigenvalue weighted by atomic mass is 16.6. The number of carboxylic acids is 1. The number of nitrogens with two attached hydrogens (primary N) is 2. The third-order valence-electron chi connectivity index (χ3n) is 3.86. The van der Waals surface area contributed by atoms with Gasteiger partial charge in [-0.25, -0.2) is 0 Å². The highest BCUT2D eigenvalue weighted by Crippen LogP contribution is 2.07. The second kappa shape index (κ2) is 13.8. The molecule has 9 N–H and O–H groups in total. The van der Waals surface area contributed by atoms with Crippen molar-refractivity contribution < 1.29 is 33.9 Å². The molecule has 0 aromatic heterocycles. The van der Waals surface area contributed by atoms with Crippen LogP contribution in [0, 0.1) is 0 Å². The van der Waals surface area contributed by atoms with Crippen LogP contribution >= 0.6 is 0 Å². The van der Waals surface area contributed by atoms with Crippen LogP contribution < -0.4 is 32.7 Å². The lowest BCUT2D eigenvalue weighted by atomic mass is 10.1. The molecular weight excluding hydrogens is 438 g/mol. The van der Waals surface area contributed by atoms with Crippen LogP contribution in [0.2, 0.25) is 0 Å². The van der Waals surface area contributed by atoms with E-state index in [1.54, 1.807) is 30.3 Å². The fraction of sp³-hybridized carbons (Fsp3) is 0.368. The molecule has 0 spiro atoms. The van der Waals surface area contributed by atoms with Gasteiger partial charge in [-0.1, -0.05) is 18.2 Å². The van der Waals surface area contributed by atoms with Crippen molar-refractivity contribution in [3.63, 3.8) is 0 Å². The second-order valence-electron chi connectivity index (χ2n) is 6.68. The molecule has 1 aromatic carbocycles. The number of amides is 4. The molecule has 0 aliphatic heterocycles. The van der Waals surface area contributed by atoms with Gasteiger partial charge >= 0.3 is 5.97 Å². The maximum absolute atomic E-state index is 12.4. The Morgan fingerprint density at radius 1 is 1.03 bits per heavy atom. The number of carbonyl (C=O) groups is 5. The van der Waals surface area contributed by atoms with Gasteiger partial charge in [-0.15, -0.1) is 0 Å². The first-order valence-electron chi connectivity index (χ1n) is 9.71. The fourth-order valence-corrected chi connectivity index (χ4v) is 2.48. The zero-order valence-corrected chi connectivity index (χ0v) is 17.9. The van der Waals surface area contributed by atoms with E-state index in [9.17, 15) is 24.0 Å². The van der Waals surface area contributed by atoms with E-state index in [4.69, 9.17) is 21.4 Å². The van der Waals surface area contributed by atoms with E-state index >= 15 is 0 Å². The van der Waals surface area contributed by atoms with Gasteiger partial charge in [0.15, 0.2) is 0 Å². The molecule has 1 aromatic rings. The molecule has 0 aliphatic carbocycles. The molecule has 14 heteroatoms. The van der Waals surface area contributed by atoms with E-state index in [0.717, 1.165) is 0 Å². The lowest BCUT2D eigenvalue weighted by Crippen LogP contribution is -2.51. The molecule has 14 nitrogen and oxygen atoms in total. The Bertz CT molecular complexity index is 873. The largest absolute Gasteiger partial charge is 0.481 e. The maximum Gasteiger partial charge on any atom is 0.305 e. The molecule has 33 heavy (non-hydrogen) atoms. The zero-order valence-electron chi connectivity index (χ0n) is 17.9. The van der Waals surface area contributed by atoms with Crippen molar-refractivity contribution in [3.8, 4) is 0 Å². The lowest BCUT2D eigenvalue weighted by molar-refractivity contribution is -0.140. The standard InChI is InChI=1S/C19H27N7O7/c1-11(27)23-13(7-8-33-26-19(20)21)17(31)22-10-15(28)25-14(9-16(29)30)18(32)24-12-5-3-2-4-6-12/h2-6,13-14H,7-10H2,1H3,(H,22,31)(H,23,27)(H,24,32)(H,25,28)(H,29,30)(H4,20,21,26)/t13-,14-/m0/s1. The van der Waals surface area contributed by atoms with Crippen molar-refractivity contribution in [2.45, 2.75) is 31.8 Å². The summed E-state index contributed by atoms with van der Waals surface area (Å²) in [5.74, 6) is -4.39. The van der Waals surface area contributed by atoms with E-state index in [0.29, 0.717) is 5.69 Å². The number of benzene rings is 1. The van der Waals surface area contributed by atoms with E-state index in [2.05, 4.69) is 26.4 Å². The summed E-state index contributed by atoms with van der Waals surface area (Å²) >= 11 is 0. The Hall–Kier alpha value is -4.36. The maximum atomic E-state index is 12.4. The zero-order chi connectivity index (χ0) is 24.8. The molecule has 2 atom stereocenters. The minimum absolute atomic E-state index is 0.00899. The van der Waals surface area contributed by atoms with E-state index in [1.807, 2.05) is 0 Å². The van der Waals surface area contributed by atoms with Gasteiger partial charge < -0.3 is 42.7 Å². The number of anilines is 1. The van der Waals surface area contributed by atoms with Gasteiger partial charge in [0.05, 0.1) is 13.0 Å². The molecular formula is C19H27N7O7. The number of para-hydroxylation sites is 1. The summed E-state index contributed by atoms with van der Waals surface area (Å²) in [4.78, 5) is 64.1. The van der Waals surface area contributed by atoms with Gasteiger partial charge in [0.25, 0.3) is 0 Å². The number of rotatable bonds is 13. The number of nitrogens with zero attached hydrogens (tertiary/aromatic N) is 1. The molecule has 4 amide bonds. The minimum Gasteiger partial charge on any atom is -0.481 e. The number of carboxylic acid groups (broad SMARTS) is 1. The van der Waals surface area contributed by atoms with Crippen molar-refractivity contribution in [1.29, 1.82) is 0 Å². The van der Waals surface area contributed by atoms with Gasteiger partial charge in [0, 0.05) is 19.0 Å². The molecule has 0 saturated carbocycles. The van der Waals surface area contributed by atoms with Crippen molar-refractivity contribution in [3.05, 3.63) is 30.3 Å². The van der Waals surface area contributed by atoms with Gasteiger partial charge in [0.2, 0.25) is 29.6 Å². The quantitative estimate of drug-likeness (QED) is 0.0724. The predicted molar refractivity (Wildman–Crippen MR) is 116 cm³/mol. The molecule has 0 heterocycles. The van der Waals surface area contributed by atoms with Crippen molar-refractivity contribution in [2.75, 3.05) is 18.5 Å². The number of hydrogen-bond acceptors (Lipinski definition) is 7. The summed E-state index contributed by atoms with van der Waals surface area (Å²) < 4.78 is 0. The van der Waals surface area contributed by atoms with Crippen LogP contribution in [-0.4, -0.2) is 65.9 Å². The fourth-order valence-electron chi connectivity index (χ4n) is 2.48. The number of nitrogens with one attached hydrogen (secondary N) is 4. The molecule has 0 unspecified atom stereocenters. The molecule has 0 radical (unpaired) electrons. The van der Waals surface area contributed by atoms with E-state index < -0.39 is 54.6 Å². The topological polar surface area (TPSA) is 227 Å². The summed E-state index contributed by atoms with van der Waals surface area (Å²) in [6.07, 6.45) is -0.681. The summed E-state index contributed by atoms with van der Waals surface area (Å²) in [7, 11) is 0. The Balaban J connectivity index is 2.65. The Morgan fingerprint density at radius 2 is 1.70 bits per heavy atom. The van der Waals surface area contributed by atoms with Crippen LogP contribution in [0.4, 0.5) is 5.69 Å². The molecule has 0 saturated heterocycles. The highest BCUT2D eigenvalue weighted by molar-refractivity contribution is 5.99. The average molecular weight is 465 g/mol. The SMILES string of the molecule is CC(=O)N[C@@H](CCON=C(N)N)C(=O)NCC(=O)N[C@@H](CC(=O)O)C(=O)Nc1ccccc1. The first kappa shape index (κ1) is 26.7. The first-order valence-corrected chi connectivity index (χ1v) is 9.71. The Morgan fingerprint density at radius 3 is 2.27 bits per heavy atom. The average Bonchev–Trinajstić information content (AvgIpc) is 2.73. The van der Waals surface area contributed by atoms with Gasteiger partial charge in [-0.3, -0.25) is 24.0 Å². The number of carbonyl (C=O) groups excluding carboxylic acids is 4. The van der Waals surface area contributed by atoms with Gasteiger partial charge in [0.1, 0.15) is 18.7 Å². The van der Waals surface area contributed by atoms with Crippen molar-refractivity contribution in [1.82, 2.24) is 16.0 Å². The summed E-state index contributed by atoms with van der Waals surface area (Å²) in [6.45, 7) is 0.521. The van der Waals surface area contributed by atoms with Crippen LogP contribution in [0.1, 0.15) is 19.8 Å². The van der Waals surface area contributed by atoms with Crippen LogP contribution in [0.3, 0.4) is 0 Å².